The Balaban J connectivity index is 2.04. The van der Waals surface area contributed by atoms with Gasteiger partial charge < -0.3 is 9.80 Å². The van der Waals surface area contributed by atoms with Crippen LogP contribution in [0.5, 0.6) is 0 Å². The van der Waals surface area contributed by atoms with Crippen molar-refractivity contribution in [2.75, 3.05) is 32.1 Å². The van der Waals surface area contributed by atoms with Crippen molar-refractivity contribution >= 4 is 17.2 Å². The molecule has 118 valence electrons. The topological polar surface area (TPSA) is 23.6 Å². The van der Waals surface area contributed by atoms with Crippen molar-refractivity contribution in [3.63, 3.8) is 0 Å². The van der Waals surface area contributed by atoms with E-state index in [1.54, 1.807) is 0 Å². The van der Waals surface area contributed by atoms with Crippen LogP contribution >= 0.6 is 0 Å². The lowest BCUT2D eigenvalue weighted by atomic mass is 9.96. The molecule has 0 N–H and O–H groups in total. The van der Waals surface area contributed by atoms with Gasteiger partial charge in [0.15, 0.2) is 0 Å². The molecule has 0 aromatic heterocycles. The fraction of sp³-hybridized carbons (Fsp3) is 0.250. The molecule has 2 aromatic rings. The van der Waals surface area contributed by atoms with E-state index in [9.17, 15) is 4.79 Å². The molecule has 1 heterocycles. The van der Waals surface area contributed by atoms with Gasteiger partial charge in [-0.1, -0.05) is 54.6 Å². The van der Waals surface area contributed by atoms with Crippen LogP contribution in [-0.2, 0) is 4.79 Å². The zero-order valence-corrected chi connectivity index (χ0v) is 13.7. The molecule has 0 atom stereocenters. The average molecular weight is 306 g/mol. The van der Waals surface area contributed by atoms with Gasteiger partial charge in [0, 0.05) is 25.1 Å². The first-order valence-electron chi connectivity index (χ1n) is 7.97. The van der Waals surface area contributed by atoms with Crippen LogP contribution in [0.3, 0.4) is 0 Å². The van der Waals surface area contributed by atoms with Crippen LogP contribution in [0.1, 0.15) is 17.5 Å². The van der Waals surface area contributed by atoms with E-state index >= 15 is 0 Å². The number of rotatable bonds is 4. The molecule has 2 aromatic carbocycles. The maximum atomic E-state index is 12.6. The Morgan fingerprint density at radius 1 is 1.00 bits per heavy atom. The number of benzene rings is 2. The van der Waals surface area contributed by atoms with E-state index in [0.717, 1.165) is 28.9 Å². The number of para-hydroxylation sites is 1. The Kier molecular flexibility index (Phi) is 4.58. The van der Waals surface area contributed by atoms with Crippen LogP contribution in [0.4, 0.5) is 5.69 Å². The van der Waals surface area contributed by atoms with E-state index in [0.29, 0.717) is 13.0 Å². The molecule has 3 nitrogen and oxygen atoms in total. The molecule has 1 amide bonds. The molecule has 0 radical (unpaired) electrons. The summed E-state index contributed by atoms with van der Waals surface area (Å²) in [6.07, 6.45) is 2.50. The molecule has 0 bridgehead atoms. The Hall–Kier alpha value is -2.39. The summed E-state index contributed by atoms with van der Waals surface area (Å²) in [6.45, 7) is 1.56. The molecular formula is C20H22N2O. The first-order chi connectivity index (χ1) is 11.2. The number of carbonyl (C=O) groups is 1. The fourth-order valence-electron chi connectivity index (χ4n) is 2.92. The van der Waals surface area contributed by atoms with Crippen LogP contribution in [0.2, 0.25) is 0 Å². The quantitative estimate of drug-likeness (QED) is 0.864. The van der Waals surface area contributed by atoms with Crippen molar-refractivity contribution in [1.82, 2.24) is 4.90 Å². The lowest BCUT2D eigenvalue weighted by Gasteiger charge is -2.25. The lowest BCUT2D eigenvalue weighted by molar-refractivity contribution is -0.117. The zero-order valence-electron chi connectivity index (χ0n) is 13.7. The summed E-state index contributed by atoms with van der Waals surface area (Å²) in [7, 11) is 4.06. The number of fused-ring (bicyclic) bond motifs is 1. The smallest absolute Gasteiger partial charge is 0.230 e. The SMILES string of the molecule is CN(C)CCN1C(=O)CC=C(c2ccccc2)c2ccccc21. The predicted octanol–water partition coefficient (Wildman–Crippen LogP) is 3.42. The van der Waals surface area contributed by atoms with Crippen LogP contribution in [0.15, 0.2) is 60.7 Å². The van der Waals surface area contributed by atoms with E-state index in [1.165, 1.54) is 0 Å². The van der Waals surface area contributed by atoms with Gasteiger partial charge in [0.1, 0.15) is 0 Å². The number of hydrogen-bond donors (Lipinski definition) is 0. The van der Waals surface area contributed by atoms with Crippen LogP contribution in [-0.4, -0.2) is 38.0 Å². The van der Waals surface area contributed by atoms with Gasteiger partial charge in [-0.3, -0.25) is 4.79 Å². The molecule has 0 saturated carbocycles. The first-order valence-corrected chi connectivity index (χ1v) is 7.97. The maximum absolute atomic E-state index is 12.6. The summed E-state index contributed by atoms with van der Waals surface area (Å²) in [4.78, 5) is 16.7. The van der Waals surface area contributed by atoms with Gasteiger partial charge in [0.25, 0.3) is 0 Å². The molecule has 23 heavy (non-hydrogen) atoms. The summed E-state index contributed by atoms with van der Waals surface area (Å²) in [6, 6.07) is 18.5. The molecule has 1 aliphatic rings. The van der Waals surface area contributed by atoms with Crippen molar-refractivity contribution in [2.24, 2.45) is 0 Å². The van der Waals surface area contributed by atoms with Gasteiger partial charge in [0.2, 0.25) is 5.91 Å². The molecule has 0 saturated heterocycles. The van der Waals surface area contributed by atoms with Gasteiger partial charge >= 0.3 is 0 Å². The van der Waals surface area contributed by atoms with E-state index in [-0.39, 0.29) is 5.91 Å². The van der Waals surface area contributed by atoms with E-state index in [2.05, 4.69) is 29.2 Å². The van der Waals surface area contributed by atoms with Crippen molar-refractivity contribution in [2.45, 2.75) is 6.42 Å². The number of carbonyl (C=O) groups excluding carboxylic acids is 1. The van der Waals surface area contributed by atoms with E-state index < -0.39 is 0 Å². The molecule has 0 unspecified atom stereocenters. The lowest BCUT2D eigenvalue weighted by Crippen LogP contribution is -2.36. The molecule has 0 aliphatic carbocycles. The van der Waals surface area contributed by atoms with E-state index in [4.69, 9.17) is 0 Å². The second-order valence-corrected chi connectivity index (χ2v) is 6.05. The van der Waals surface area contributed by atoms with Crippen molar-refractivity contribution in [3.8, 4) is 0 Å². The third-order valence-electron chi connectivity index (χ3n) is 4.12. The second-order valence-electron chi connectivity index (χ2n) is 6.05. The van der Waals surface area contributed by atoms with Gasteiger partial charge in [-0.2, -0.15) is 0 Å². The summed E-state index contributed by atoms with van der Waals surface area (Å²) in [5.74, 6) is 0.158. The highest BCUT2D eigenvalue weighted by Crippen LogP contribution is 2.34. The molecule has 3 rings (SSSR count). The highest BCUT2D eigenvalue weighted by atomic mass is 16.2. The summed E-state index contributed by atoms with van der Waals surface area (Å²) < 4.78 is 0. The molecular weight excluding hydrogens is 284 g/mol. The highest BCUT2D eigenvalue weighted by Gasteiger charge is 2.23. The fourth-order valence-corrected chi connectivity index (χ4v) is 2.92. The van der Waals surface area contributed by atoms with Gasteiger partial charge in [-0.25, -0.2) is 0 Å². The first kappa shape index (κ1) is 15.5. The Bertz CT molecular complexity index is 719. The second kappa shape index (κ2) is 6.80. The third-order valence-corrected chi connectivity index (χ3v) is 4.12. The summed E-state index contributed by atoms with van der Waals surface area (Å²) in [5.41, 5.74) is 4.43. The van der Waals surface area contributed by atoms with Crippen LogP contribution < -0.4 is 4.90 Å². The molecule has 0 fully saturated rings. The third kappa shape index (κ3) is 3.35. The van der Waals surface area contributed by atoms with Gasteiger partial charge in [-0.05, 0) is 31.3 Å². The van der Waals surface area contributed by atoms with Gasteiger partial charge in [0.05, 0.1) is 5.69 Å². The van der Waals surface area contributed by atoms with E-state index in [1.807, 2.05) is 55.4 Å². The largest absolute Gasteiger partial charge is 0.310 e. The van der Waals surface area contributed by atoms with Crippen molar-refractivity contribution in [3.05, 3.63) is 71.8 Å². The summed E-state index contributed by atoms with van der Waals surface area (Å²) >= 11 is 0. The normalized spacial score (nSPS) is 14.5. The predicted molar refractivity (Wildman–Crippen MR) is 95.5 cm³/mol. The Morgan fingerprint density at radius 3 is 2.43 bits per heavy atom. The minimum Gasteiger partial charge on any atom is -0.310 e. The molecule has 3 heteroatoms. The Labute approximate surface area is 137 Å². The van der Waals surface area contributed by atoms with Crippen molar-refractivity contribution < 1.29 is 4.79 Å². The van der Waals surface area contributed by atoms with Crippen LogP contribution in [0, 0.1) is 0 Å². The minimum absolute atomic E-state index is 0.158. The van der Waals surface area contributed by atoms with Gasteiger partial charge in [-0.15, -0.1) is 0 Å². The number of hydrogen-bond acceptors (Lipinski definition) is 2. The number of amides is 1. The minimum atomic E-state index is 0.158. The molecule has 0 spiro atoms. The number of likely N-dealkylation sites (N-methyl/N-ethyl adjacent to an activating group) is 1. The maximum Gasteiger partial charge on any atom is 0.230 e. The van der Waals surface area contributed by atoms with Crippen molar-refractivity contribution in [1.29, 1.82) is 0 Å². The molecule has 1 aliphatic heterocycles. The van der Waals surface area contributed by atoms with Crippen LogP contribution in [0.25, 0.3) is 5.57 Å². The number of anilines is 1. The standard InChI is InChI=1S/C20H22N2O/c1-21(2)14-15-22-19-11-7-6-10-18(19)17(12-13-20(22)23)16-8-4-3-5-9-16/h3-12H,13-15H2,1-2H3. The monoisotopic (exact) mass is 306 g/mol. The Morgan fingerprint density at radius 2 is 1.70 bits per heavy atom. The average Bonchev–Trinajstić information content (AvgIpc) is 2.70. The summed E-state index contributed by atoms with van der Waals surface area (Å²) in [5, 5.41) is 0. The highest BCUT2D eigenvalue weighted by molar-refractivity contribution is 6.02. The number of nitrogens with zero attached hydrogens (tertiary/aromatic N) is 2. The zero-order chi connectivity index (χ0) is 16.2.